The molecule has 4 rings (SSSR count). The average Bonchev–Trinajstić information content (AvgIpc) is 3.11. The predicted octanol–water partition coefficient (Wildman–Crippen LogP) is 3.50. The van der Waals surface area contributed by atoms with Gasteiger partial charge in [-0.3, -0.25) is 9.10 Å². The van der Waals surface area contributed by atoms with Crippen LogP contribution in [0.3, 0.4) is 0 Å². The largest absolute Gasteiger partial charge is 0.380 e. The summed E-state index contributed by atoms with van der Waals surface area (Å²) in [4.78, 5) is 23.5. The summed E-state index contributed by atoms with van der Waals surface area (Å²) in [5.41, 5.74) is 6.48. The number of thiophene rings is 1. The van der Waals surface area contributed by atoms with Crippen molar-refractivity contribution < 1.29 is 9.53 Å². The maximum atomic E-state index is 12.8. The van der Waals surface area contributed by atoms with E-state index in [0.29, 0.717) is 41.3 Å². The number of rotatable bonds is 4. The molecule has 4 heterocycles. The van der Waals surface area contributed by atoms with Gasteiger partial charge in [-0.05, 0) is 36.6 Å². The monoisotopic (exact) mass is 451 g/mol. The number of amides is 1. The minimum atomic E-state index is -0.583. The van der Waals surface area contributed by atoms with Crippen LogP contribution in [0.4, 0.5) is 5.82 Å². The molecule has 1 saturated heterocycles. The minimum Gasteiger partial charge on any atom is -0.380 e. The van der Waals surface area contributed by atoms with Crippen LogP contribution in [0.1, 0.15) is 33.6 Å². The molecule has 10 heteroatoms. The highest BCUT2D eigenvalue weighted by molar-refractivity contribution is 7.98. The van der Waals surface area contributed by atoms with Crippen LogP contribution in [0.25, 0.3) is 0 Å². The van der Waals surface area contributed by atoms with Gasteiger partial charge in [-0.25, -0.2) is 9.98 Å². The molecule has 154 valence electrons. The van der Waals surface area contributed by atoms with Gasteiger partial charge in [-0.2, -0.15) is 0 Å². The fourth-order valence-corrected chi connectivity index (χ4v) is 6.33. The van der Waals surface area contributed by atoms with Crippen molar-refractivity contribution in [2.75, 3.05) is 25.6 Å². The van der Waals surface area contributed by atoms with E-state index in [-0.39, 0.29) is 11.2 Å². The number of fused-ring (bicyclic) bond motifs is 1. The summed E-state index contributed by atoms with van der Waals surface area (Å²) in [5.74, 6) is 0.741. The van der Waals surface area contributed by atoms with Crippen LogP contribution in [-0.2, 0) is 16.7 Å². The standard InChI is InChI=1S/C19H22ClN5O2S2/c1-3-11-5-4-6-15(22-11)23-17(26)13-9-12(20)16(28-13)19-7-8-27-10-14(19)29-25(2)18(21)24-19/h4-6,9,14H,3,7-8,10H2,1-2H3,(H2,21,24)(H,22,23,26). The molecule has 0 aliphatic carbocycles. The van der Waals surface area contributed by atoms with Crippen LogP contribution < -0.4 is 11.1 Å². The van der Waals surface area contributed by atoms with Gasteiger partial charge in [-0.1, -0.05) is 24.6 Å². The number of nitrogens with two attached hydrogens (primary N) is 1. The number of anilines is 1. The quantitative estimate of drug-likeness (QED) is 0.691. The van der Waals surface area contributed by atoms with E-state index in [2.05, 4.69) is 10.3 Å². The number of ether oxygens (including phenoxy) is 1. The van der Waals surface area contributed by atoms with E-state index in [9.17, 15) is 4.79 Å². The summed E-state index contributed by atoms with van der Waals surface area (Å²) < 4.78 is 7.53. The zero-order valence-electron chi connectivity index (χ0n) is 16.1. The lowest BCUT2D eigenvalue weighted by molar-refractivity contribution is 0.0582. The maximum Gasteiger partial charge on any atom is 0.266 e. The highest BCUT2D eigenvalue weighted by Crippen LogP contribution is 2.50. The van der Waals surface area contributed by atoms with Crippen molar-refractivity contribution in [3.8, 4) is 0 Å². The normalized spacial score (nSPS) is 24.0. The van der Waals surface area contributed by atoms with E-state index in [1.54, 1.807) is 24.1 Å². The molecule has 1 amide bonds. The number of aryl methyl sites for hydroxylation is 1. The number of nitrogens with zero attached hydrogens (tertiary/aromatic N) is 3. The van der Waals surface area contributed by atoms with Crippen molar-refractivity contribution in [2.24, 2.45) is 10.7 Å². The third-order valence-corrected chi connectivity index (χ3v) is 8.06. The van der Waals surface area contributed by atoms with Crippen LogP contribution in [0, 0.1) is 0 Å². The first-order chi connectivity index (χ1) is 13.9. The number of pyridine rings is 1. The molecular weight excluding hydrogens is 430 g/mol. The summed E-state index contributed by atoms with van der Waals surface area (Å²) in [6.45, 7) is 3.14. The first-order valence-corrected chi connectivity index (χ1v) is 11.4. The number of halogens is 1. The first-order valence-electron chi connectivity index (χ1n) is 9.33. The zero-order chi connectivity index (χ0) is 20.6. The van der Waals surface area contributed by atoms with Crippen molar-refractivity contribution in [1.29, 1.82) is 0 Å². The molecule has 2 aliphatic heterocycles. The van der Waals surface area contributed by atoms with Crippen molar-refractivity contribution >= 4 is 52.6 Å². The Hall–Kier alpha value is -1.81. The lowest BCUT2D eigenvalue weighted by Gasteiger charge is -2.45. The summed E-state index contributed by atoms with van der Waals surface area (Å²) in [5, 5.41) is 3.44. The van der Waals surface area contributed by atoms with Crippen LogP contribution in [0.5, 0.6) is 0 Å². The molecule has 0 radical (unpaired) electrons. The van der Waals surface area contributed by atoms with Crippen molar-refractivity contribution in [3.63, 3.8) is 0 Å². The van der Waals surface area contributed by atoms with E-state index in [1.165, 1.54) is 11.3 Å². The van der Waals surface area contributed by atoms with Gasteiger partial charge in [0.1, 0.15) is 11.4 Å². The minimum absolute atomic E-state index is 0.0449. The Morgan fingerprint density at radius 1 is 1.52 bits per heavy atom. The second kappa shape index (κ2) is 8.14. The average molecular weight is 452 g/mol. The van der Waals surface area contributed by atoms with Gasteiger partial charge in [0.15, 0.2) is 0 Å². The molecule has 2 atom stereocenters. The van der Waals surface area contributed by atoms with Crippen LogP contribution in [0.2, 0.25) is 5.02 Å². The molecule has 1 fully saturated rings. The Balaban J connectivity index is 1.65. The molecule has 2 aliphatic rings. The second-order valence-electron chi connectivity index (χ2n) is 6.92. The first kappa shape index (κ1) is 20.5. The number of guanidine groups is 1. The molecule has 0 bridgehead atoms. The van der Waals surface area contributed by atoms with Crippen LogP contribution in [0.15, 0.2) is 29.3 Å². The van der Waals surface area contributed by atoms with Gasteiger partial charge in [0, 0.05) is 25.8 Å². The summed E-state index contributed by atoms with van der Waals surface area (Å²) in [6, 6.07) is 7.29. The van der Waals surface area contributed by atoms with E-state index >= 15 is 0 Å². The number of aliphatic imine (C=N–C) groups is 1. The molecule has 29 heavy (non-hydrogen) atoms. The second-order valence-corrected chi connectivity index (χ2v) is 9.71. The molecule has 2 aromatic rings. The molecule has 2 aromatic heterocycles. The number of carbonyl (C=O) groups is 1. The SMILES string of the molecule is CCc1cccc(NC(=O)c2cc(Cl)c(C34CCOCC3SN(C)C(N)=N4)s2)n1. The summed E-state index contributed by atoms with van der Waals surface area (Å²) in [6.07, 6.45) is 1.47. The Kier molecular flexibility index (Phi) is 5.74. The lowest BCUT2D eigenvalue weighted by atomic mass is 9.88. The van der Waals surface area contributed by atoms with Gasteiger partial charge >= 0.3 is 0 Å². The molecule has 0 saturated carbocycles. The summed E-state index contributed by atoms with van der Waals surface area (Å²) in [7, 11) is 1.88. The van der Waals surface area contributed by atoms with E-state index in [4.69, 9.17) is 27.1 Å². The van der Waals surface area contributed by atoms with Crippen molar-refractivity contribution in [2.45, 2.75) is 30.6 Å². The molecule has 3 N–H and O–H groups in total. The molecule has 7 nitrogen and oxygen atoms in total. The number of hydrogen-bond acceptors (Lipinski definition) is 8. The van der Waals surface area contributed by atoms with Gasteiger partial charge in [0.2, 0.25) is 5.96 Å². The van der Waals surface area contributed by atoms with E-state index in [1.807, 2.05) is 30.4 Å². The fourth-order valence-electron chi connectivity index (χ4n) is 3.49. The Morgan fingerprint density at radius 2 is 2.34 bits per heavy atom. The fraction of sp³-hybridized carbons (Fsp3) is 0.421. The highest BCUT2D eigenvalue weighted by atomic mass is 35.5. The number of nitrogens with one attached hydrogen (secondary N) is 1. The third-order valence-electron chi connectivity index (χ3n) is 5.07. The molecule has 2 unspecified atom stereocenters. The maximum absolute atomic E-state index is 12.8. The Morgan fingerprint density at radius 3 is 3.14 bits per heavy atom. The number of aromatic nitrogens is 1. The van der Waals surface area contributed by atoms with E-state index in [0.717, 1.165) is 17.0 Å². The van der Waals surface area contributed by atoms with Crippen LogP contribution >= 0.6 is 34.9 Å². The molecule has 0 spiro atoms. The smallest absolute Gasteiger partial charge is 0.266 e. The van der Waals surface area contributed by atoms with Crippen LogP contribution in [-0.4, -0.2) is 46.7 Å². The van der Waals surface area contributed by atoms with Crippen molar-refractivity contribution in [3.05, 3.63) is 44.7 Å². The van der Waals surface area contributed by atoms with Gasteiger partial charge < -0.3 is 15.8 Å². The van der Waals surface area contributed by atoms with Gasteiger partial charge in [0.05, 0.1) is 26.6 Å². The third kappa shape index (κ3) is 3.84. The number of hydrogen-bond donors (Lipinski definition) is 2. The molecule has 0 aromatic carbocycles. The Labute approximate surface area is 182 Å². The summed E-state index contributed by atoms with van der Waals surface area (Å²) >= 11 is 9.57. The van der Waals surface area contributed by atoms with Gasteiger partial charge in [0.25, 0.3) is 5.91 Å². The topological polar surface area (TPSA) is 92.8 Å². The van der Waals surface area contributed by atoms with Crippen molar-refractivity contribution in [1.82, 2.24) is 9.29 Å². The predicted molar refractivity (Wildman–Crippen MR) is 119 cm³/mol. The molecular formula is C19H22ClN5O2S2. The van der Waals surface area contributed by atoms with Gasteiger partial charge in [-0.15, -0.1) is 11.3 Å². The lowest BCUT2D eigenvalue weighted by Crippen LogP contribution is -2.51. The highest BCUT2D eigenvalue weighted by Gasteiger charge is 2.49. The zero-order valence-corrected chi connectivity index (χ0v) is 18.5. The van der Waals surface area contributed by atoms with E-state index < -0.39 is 5.54 Å². The number of carbonyl (C=O) groups excluding carboxylic acids is 1. The Bertz CT molecular complexity index is 966.